The van der Waals surface area contributed by atoms with E-state index in [1.54, 1.807) is 13.8 Å². The summed E-state index contributed by atoms with van der Waals surface area (Å²) in [5, 5.41) is 2.37. The zero-order valence-corrected chi connectivity index (χ0v) is 15.0. The van der Waals surface area contributed by atoms with E-state index in [9.17, 15) is 26.4 Å². The Balaban J connectivity index is 2.26. The molecule has 0 atom stereocenters. The van der Waals surface area contributed by atoms with Gasteiger partial charge in [-0.15, -0.1) is 0 Å². The van der Waals surface area contributed by atoms with E-state index in [0.717, 1.165) is 18.2 Å². The van der Waals surface area contributed by atoms with Crippen molar-refractivity contribution in [3.05, 3.63) is 59.4 Å². The zero-order chi connectivity index (χ0) is 19.5. The van der Waals surface area contributed by atoms with Crippen molar-refractivity contribution >= 4 is 21.4 Å². The Kier molecular flexibility index (Phi) is 6.07. The van der Waals surface area contributed by atoms with Gasteiger partial charge in [0.25, 0.3) is 12.3 Å². The number of anilines is 1. The molecule has 0 radical (unpaired) electrons. The maximum atomic E-state index is 13.3. The first-order chi connectivity index (χ1) is 12.1. The number of nitrogens with one attached hydrogen (secondary N) is 1. The number of sulfone groups is 1. The maximum absolute atomic E-state index is 13.3. The zero-order valence-electron chi connectivity index (χ0n) is 14.2. The lowest BCUT2D eigenvalue weighted by Gasteiger charge is -2.10. The monoisotopic (exact) mass is 385 g/mol. The Morgan fingerprint density at radius 3 is 2.42 bits per heavy atom. The molecular weight excluding hydrogens is 367 g/mol. The smallest absolute Gasteiger partial charge is 0.266 e. The molecule has 0 spiro atoms. The molecule has 1 N–H and O–H groups in total. The maximum Gasteiger partial charge on any atom is 0.266 e. The minimum Gasteiger partial charge on any atom is -0.322 e. The van der Waals surface area contributed by atoms with E-state index < -0.39 is 33.6 Å². The number of hydrogen-bond acceptors (Lipinski definition) is 3. The molecule has 0 saturated heterocycles. The van der Waals surface area contributed by atoms with E-state index in [4.69, 9.17) is 0 Å². The van der Waals surface area contributed by atoms with Gasteiger partial charge in [-0.1, -0.05) is 19.9 Å². The highest BCUT2D eigenvalue weighted by atomic mass is 32.2. The van der Waals surface area contributed by atoms with Gasteiger partial charge in [-0.05, 0) is 42.3 Å². The molecule has 0 aliphatic carbocycles. The van der Waals surface area contributed by atoms with Gasteiger partial charge in [0.15, 0.2) is 9.84 Å². The van der Waals surface area contributed by atoms with Gasteiger partial charge in [-0.25, -0.2) is 21.6 Å². The van der Waals surface area contributed by atoms with Gasteiger partial charge in [0.05, 0.1) is 16.2 Å². The van der Waals surface area contributed by atoms with Crippen molar-refractivity contribution in [1.29, 1.82) is 0 Å². The number of amides is 1. The molecule has 2 aromatic rings. The fourth-order valence-electron chi connectivity index (χ4n) is 2.36. The van der Waals surface area contributed by atoms with Gasteiger partial charge in [0.2, 0.25) is 0 Å². The molecule has 0 unspecified atom stereocenters. The minimum atomic E-state index is -3.54. The molecule has 0 fully saturated rings. The Bertz CT molecular complexity index is 912. The summed E-state index contributed by atoms with van der Waals surface area (Å²) in [5.74, 6) is -1.89. The predicted octanol–water partition coefficient (Wildman–Crippen LogP) is 4.45. The lowest BCUT2D eigenvalue weighted by Crippen LogP contribution is -2.15. The SMILES string of the molecule is CC(C)CS(=O)(=O)c1cccc(C(=O)Nc2ccc(F)c(C(F)F)c2)c1. The number of benzene rings is 2. The van der Waals surface area contributed by atoms with Crippen molar-refractivity contribution in [1.82, 2.24) is 0 Å². The van der Waals surface area contributed by atoms with Crippen LogP contribution in [-0.2, 0) is 9.84 Å². The molecule has 0 saturated carbocycles. The summed E-state index contributed by atoms with van der Waals surface area (Å²) < 4.78 is 63.3. The first kappa shape index (κ1) is 20.0. The van der Waals surface area contributed by atoms with E-state index in [0.29, 0.717) is 0 Å². The molecule has 0 aliphatic heterocycles. The van der Waals surface area contributed by atoms with Crippen LogP contribution < -0.4 is 5.32 Å². The van der Waals surface area contributed by atoms with E-state index in [1.165, 1.54) is 24.3 Å². The summed E-state index contributed by atoms with van der Waals surface area (Å²) >= 11 is 0. The molecule has 2 rings (SSSR count). The molecule has 4 nitrogen and oxygen atoms in total. The average molecular weight is 385 g/mol. The molecular formula is C18H18F3NO3S. The molecule has 8 heteroatoms. The topological polar surface area (TPSA) is 63.2 Å². The molecule has 0 heterocycles. The van der Waals surface area contributed by atoms with Crippen LogP contribution in [0.5, 0.6) is 0 Å². The Morgan fingerprint density at radius 1 is 1.12 bits per heavy atom. The number of alkyl halides is 2. The molecule has 0 bridgehead atoms. The average Bonchev–Trinajstić information content (AvgIpc) is 2.55. The van der Waals surface area contributed by atoms with Gasteiger partial charge in [0.1, 0.15) is 5.82 Å². The van der Waals surface area contributed by atoms with Crippen molar-refractivity contribution in [2.75, 3.05) is 11.1 Å². The molecule has 0 aliphatic rings. The van der Waals surface area contributed by atoms with Crippen molar-refractivity contribution in [2.24, 2.45) is 5.92 Å². The minimum absolute atomic E-state index is 0.00576. The molecule has 1 amide bonds. The van der Waals surface area contributed by atoms with Gasteiger partial charge in [-0.3, -0.25) is 4.79 Å². The Morgan fingerprint density at radius 2 is 1.81 bits per heavy atom. The van der Waals surface area contributed by atoms with Crippen molar-refractivity contribution in [2.45, 2.75) is 25.2 Å². The van der Waals surface area contributed by atoms with E-state index in [2.05, 4.69) is 5.32 Å². The fraction of sp³-hybridized carbons (Fsp3) is 0.278. The second-order valence-electron chi connectivity index (χ2n) is 6.19. The van der Waals surface area contributed by atoms with Crippen molar-refractivity contribution in [3.63, 3.8) is 0 Å². The molecule has 2 aromatic carbocycles. The standard InChI is InChI=1S/C18H18F3NO3S/c1-11(2)10-26(24,25)14-5-3-4-12(8-14)18(23)22-13-6-7-16(19)15(9-13)17(20)21/h3-9,11,17H,10H2,1-2H3,(H,22,23). The quantitative estimate of drug-likeness (QED) is 0.799. The van der Waals surface area contributed by atoms with Crippen molar-refractivity contribution in [3.8, 4) is 0 Å². The van der Waals surface area contributed by atoms with Gasteiger partial charge < -0.3 is 5.32 Å². The summed E-state index contributed by atoms with van der Waals surface area (Å²) in [4.78, 5) is 12.3. The number of carbonyl (C=O) groups is 1. The third-order valence-electron chi connectivity index (χ3n) is 3.50. The third kappa shape index (κ3) is 4.85. The highest BCUT2D eigenvalue weighted by Gasteiger charge is 2.19. The van der Waals surface area contributed by atoms with Crippen LogP contribution in [0.25, 0.3) is 0 Å². The highest BCUT2D eigenvalue weighted by Crippen LogP contribution is 2.25. The normalized spacial score (nSPS) is 11.8. The van der Waals surface area contributed by atoms with Crippen LogP contribution in [0.2, 0.25) is 0 Å². The molecule has 26 heavy (non-hydrogen) atoms. The van der Waals surface area contributed by atoms with Crippen LogP contribution in [0.15, 0.2) is 47.4 Å². The Labute approximate surface area is 150 Å². The largest absolute Gasteiger partial charge is 0.322 e. The lowest BCUT2D eigenvalue weighted by molar-refractivity contribution is 0.102. The number of carbonyl (C=O) groups excluding carboxylic acids is 1. The fourth-order valence-corrected chi connectivity index (χ4v) is 4.02. The second-order valence-corrected chi connectivity index (χ2v) is 8.23. The third-order valence-corrected chi connectivity index (χ3v) is 5.57. The summed E-state index contributed by atoms with van der Waals surface area (Å²) in [5.41, 5.74) is -0.782. The van der Waals surface area contributed by atoms with E-state index >= 15 is 0 Å². The second kappa shape index (κ2) is 7.90. The van der Waals surface area contributed by atoms with Gasteiger partial charge in [0, 0.05) is 11.3 Å². The van der Waals surface area contributed by atoms with Crippen LogP contribution >= 0.6 is 0 Å². The van der Waals surface area contributed by atoms with Crippen LogP contribution in [0.3, 0.4) is 0 Å². The summed E-state index contributed by atoms with van der Waals surface area (Å²) in [6, 6.07) is 8.28. The van der Waals surface area contributed by atoms with Gasteiger partial charge >= 0.3 is 0 Å². The first-order valence-electron chi connectivity index (χ1n) is 7.82. The summed E-state index contributed by atoms with van der Waals surface area (Å²) in [6.07, 6.45) is -3.02. The summed E-state index contributed by atoms with van der Waals surface area (Å²) in [6.45, 7) is 3.53. The van der Waals surface area contributed by atoms with Crippen LogP contribution in [0.4, 0.5) is 18.9 Å². The van der Waals surface area contributed by atoms with Crippen LogP contribution in [0.1, 0.15) is 36.2 Å². The number of hydrogen-bond donors (Lipinski definition) is 1. The van der Waals surface area contributed by atoms with E-state index in [1.807, 2.05) is 0 Å². The molecule has 0 aromatic heterocycles. The highest BCUT2D eigenvalue weighted by molar-refractivity contribution is 7.91. The lowest BCUT2D eigenvalue weighted by atomic mass is 10.1. The first-order valence-corrected chi connectivity index (χ1v) is 9.47. The van der Waals surface area contributed by atoms with Gasteiger partial charge in [-0.2, -0.15) is 0 Å². The number of rotatable bonds is 6. The van der Waals surface area contributed by atoms with Crippen LogP contribution in [0, 0.1) is 11.7 Å². The Hall–Kier alpha value is -2.35. The summed E-state index contributed by atoms with van der Waals surface area (Å²) in [7, 11) is -3.54. The van der Waals surface area contributed by atoms with E-state index in [-0.39, 0.29) is 27.8 Å². The predicted molar refractivity (Wildman–Crippen MR) is 92.6 cm³/mol. The van der Waals surface area contributed by atoms with Crippen LogP contribution in [-0.4, -0.2) is 20.1 Å². The van der Waals surface area contributed by atoms with Crippen molar-refractivity contribution < 1.29 is 26.4 Å². The molecule has 140 valence electrons. The number of halogens is 3.